The molecule has 0 spiro atoms. The molecule has 3 N–H and O–H groups in total. The van der Waals surface area contributed by atoms with E-state index in [2.05, 4.69) is 0 Å². The Morgan fingerprint density at radius 1 is 1.50 bits per heavy atom. The van der Waals surface area contributed by atoms with Gasteiger partial charge in [0.25, 0.3) is 0 Å². The molecule has 1 amide bonds. The number of carbonyl (C=O) groups excluding carboxylic acids is 1. The largest absolute Gasteiger partial charge is 0.480 e. The molecule has 0 aliphatic heterocycles. The van der Waals surface area contributed by atoms with E-state index >= 15 is 0 Å². The number of nitrogens with zero attached hydrogens (tertiary/aromatic N) is 1. The first-order valence-electron chi connectivity index (χ1n) is 5.71. The molecule has 1 fully saturated rings. The summed E-state index contributed by atoms with van der Waals surface area (Å²) < 4.78 is 0. The Morgan fingerprint density at radius 2 is 2.06 bits per heavy atom. The van der Waals surface area contributed by atoms with Crippen LogP contribution in [0.2, 0.25) is 0 Å². The van der Waals surface area contributed by atoms with E-state index in [4.69, 9.17) is 10.8 Å². The van der Waals surface area contributed by atoms with E-state index in [0.717, 1.165) is 12.8 Å². The van der Waals surface area contributed by atoms with Crippen LogP contribution in [0.1, 0.15) is 32.6 Å². The molecule has 5 heteroatoms. The van der Waals surface area contributed by atoms with Gasteiger partial charge in [-0.25, -0.2) is 4.79 Å². The van der Waals surface area contributed by atoms with Crippen LogP contribution in [-0.4, -0.2) is 41.0 Å². The van der Waals surface area contributed by atoms with Crippen molar-refractivity contribution in [2.45, 2.75) is 44.7 Å². The number of likely N-dealkylation sites (N-methyl/N-ethyl adjacent to an activating group) is 1. The monoisotopic (exact) mass is 228 g/mol. The second kappa shape index (κ2) is 5.30. The maximum absolute atomic E-state index is 11.8. The number of carbonyl (C=O) groups is 2. The molecule has 0 aromatic heterocycles. The molecule has 0 aromatic carbocycles. The number of nitrogens with two attached hydrogens (primary N) is 1. The molecule has 0 radical (unpaired) electrons. The Labute approximate surface area is 95.6 Å². The predicted molar refractivity (Wildman–Crippen MR) is 59.8 cm³/mol. The molecule has 2 unspecified atom stereocenters. The average molecular weight is 228 g/mol. The third kappa shape index (κ3) is 3.20. The summed E-state index contributed by atoms with van der Waals surface area (Å²) in [7, 11) is 1.53. The number of carboxylic acids is 1. The number of hydrogen-bond acceptors (Lipinski definition) is 3. The summed E-state index contributed by atoms with van der Waals surface area (Å²) in [6, 6.07) is -0.847. The predicted octanol–water partition coefficient (Wildman–Crippen LogP) is 0.435. The molecule has 5 nitrogen and oxygen atoms in total. The quantitative estimate of drug-likeness (QED) is 0.690. The molecule has 1 aliphatic rings. The van der Waals surface area contributed by atoms with Crippen LogP contribution >= 0.6 is 0 Å². The lowest BCUT2D eigenvalue weighted by Crippen LogP contribution is -2.44. The molecule has 16 heavy (non-hydrogen) atoms. The highest BCUT2D eigenvalue weighted by molar-refractivity contribution is 5.83. The highest BCUT2D eigenvalue weighted by Gasteiger charge is 2.32. The molecule has 0 aromatic rings. The van der Waals surface area contributed by atoms with Crippen LogP contribution in [0.5, 0.6) is 0 Å². The van der Waals surface area contributed by atoms with Crippen LogP contribution in [0, 0.1) is 5.92 Å². The number of rotatable bonds is 6. The molecule has 2 atom stereocenters. The zero-order valence-corrected chi connectivity index (χ0v) is 9.85. The lowest BCUT2D eigenvalue weighted by Gasteiger charge is -2.25. The van der Waals surface area contributed by atoms with Crippen molar-refractivity contribution in [1.29, 1.82) is 0 Å². The van der Waals surface area contributed by atoms with Crippen molar-refractivity contribution in [2.24, 2.45) is 11.7 Å². The highest BCUT2D eigenvalue weighted by atomic mass is 16.4. The second-order valence-electron chi connectivity index (χ2n) is 4.47. The summed E-state index contributed by atoms with van der Waals surface area (Å²) in [5.74, 6) is -0.672. The normalized spacial score (nSPS) is 18.9. The van der Waals surface area contributed by atoms with Gasteiger partial charge < -0.3 is 15.7 Å². The Hall–Kier alpha value is -1.10. The standard InChI is InChI=1S/C11H20N2O3/c1-3-9(11(15)16)13(2)10(14)6-8(12)7-4-5-7/h7-9H,3-6,12H2,1-2H3,(H,15,16). The number of hydrogen-bond donors (Lipinski definition) is 2. The van der Waals surface area contributed by atoms with Gasteiger partial charge in [-0.1, -0.05) is 6.92 Å². The summed E-state index contributed by atoms with van der Waals surface area (Å²) >= 11 is 0. The summed E-state index contributed by atoms with van der Waals surface area (Å²) in [4.78, 5) is 24.0. The fourth-order valence-corrected chi connectivity index (χ4v) is 1.82. The first kappa shape index (κ1) is 13.0. The van der Waals surface area contributed by atoms with Gasteiger partial charge in [0.1, 0.15) is 6.04 Å². The van der Waals surface area contributed by atoms with Gasteiger partial charge in [0.2, 0.25) is 5.91 Å². The zero-order valence-electron chi connectivity index (χ0n) is 9.85. The van der Waals surface area contributed by atoms with Gasteiger partial charge in [0.05, 0.1) is 0 Å². The maximum atomic E-state index is 11.8. The van der Waals surface area contributed by atoms with E-state index in [1.165, 1.54) is 11.9 Å². The molecule has 1 aliphatic carbocycles. The van der Waals surface area contributed by atoms with Gasteiger partial charge in [-0.05, 0) is 25.2 Å². The SMILES string of the molecule is CCC(C(=O)O)N(C)C(=O)CC(N)C1CC1. The Morgan fingerprint density at radius 3 is 2.44 bits per heavy atom. The van der Waals surface area contributed by atoms with Gasteiger partial charge in [-0.3, -0.25) is 4.79 Å². The minimum Gasteiger partial charge on any atom is -0.480 e. The van der Waals surface area contributed by atoms with Crippen molar-refractivity contribution in [2.75, 3.05) is 7.05 Å². The van der Waals surface area contributed by atoms with Crippen molar-refractivity contribution in [3.8, 4) is 0 Å². The topological polar surface area (TPSA) is 83.6 Å². The van der Waals surface area contributed by atoms with Crippen molar-refractivity contribution < 1.29 is 14.7 Å². The molecule has 0 saturated heterocycles. The van der Waals surface area contributed by atoms with E-state index < -0.39 is 12.0 Å². The van der Waals surface area contributed by atoms with Crippen LogP contribution < -0.4 is 5.73 Å². The van der Waals surface area contributed by atoms with Crippen molar-refractivity contribution >= 4 is 11.9 Å². The summed E-state index contributed by atoms with van der Waals surface area (Å²) in [5, 5.41) is 8.92. The van der Waals surface area contributed by atoms with E-state index in [0.29, 0.717) is 12.3 Å². The van der Waals surface area contributed by atoms with Crippen molar-refractivity contribution in [3.63, 3.8) is 0 Å². The molecular weight excluding hydrogens is 208 g/mol. The minimum atomic E-state index is -0.960. The zero-order chi connectivity index (χ0) is 12.3. The Bertz CT molecular complexity index is 276. The minimum absolute atomic E-state index is 0.110. The summed E-state index contributed by atoms with van der Waals surface area (Å²) in [6.45, 7) is 1.75. The smallest absolute Gasteiger partial charge is 0.326 e. The van der Waals surface area contributed by atoms with Crippen LogP contribution in [0.25, 0.3) is 0 Å². The number of aliphatic carboxylic acids is 1. The first-order valence-corrected chi connectivity index (χ1v) is 5.71. The van der Waals surface area contributed by atoms with Crippen LogP contribution in [0.4, 0.5) is 0 Å². The van der Waals surface area contributed by atoms with Crippen molar-refractivity contribution in [3.05, 3.63) is 0 Å². The number of amides is 1. The van der Waals surface area contributed by atoms with Gasteiger partial charge >= 0.3 is 5.97 Å². The van der Waals surface area contributed by atoms with Crippen LogP contribution in [-0.2, 0) is 9.59 Å². The molecule has 1 rings (SSSR count). The highest BCUT2D eigenvalue weighted by Crippen LogP contribution is 2.33. The van der Waals surface area contributed by atoms with Crippen LogP contribution in [0.15, 0.2) is 0 Å². The first-order chi connectivity index (χ1) is 7.47. The molecule has 1 saturated carbocycles. The van der Waals surface area contributed by atoms with Crippen LogP contribution in [0.3, 0.4) is 0 Å². The van der Waals surface area contributed by atoms with Gasteiger partial charge in [0.15, 0.2) is 0 Å². The summed E-state index contributed by atoms with van der Waals surface area (Å²) in [6.07, 6.45) is 2.85. The fourth-order valence-electron chi connectivity index (χ4n) is 1.82. The fraction of sp³-hybridized carbons (Fsp3) is 0.818. The Kier molecular flexibility index (Phi) is 4.29. The third-order valence-electron chi connectivity index (χ3n) is 3.17. The van der Waals surface area contributed by atoms with Gasteiger partial charge in [-0.15, -0.1) is 0 Å². The molecule has 0 heterocycles. The number of carboxylic acid groups (broad SMARTS) is 1. The average Bonchev–Trinajstić information content (AvgIpc) is 3.00. The third-order valence-corrected chi connectivity index (χ3v) is 3.17. The molecular formula is C11H20N2O3. The van der Waals surface area contributed by atoms with Crippen molar-refractivity contribution in [1.82, 2.24) is 4.90 Å². The molecule has 0 bridgehead atoms. The lowest BCUT2D eigenvalue weighted by molar-refractivity contribution is -0.149. The van der Waals surface area contributed by atoms with E-state index in [-0.39, 0.29) is 18.4 Å². The van der Waals surface area contributed by atoms with Gasteiger partial charge in [0, 0.05) is 19.5 Å². The lowest BCUT2D eigenvalue weighted by atomic mass is 10.1. The second-order valence-corrected chi connectivity index (χ2v) is 4.47. The van der Waals surface area contributed by atoms with E-state index in [1.807, 2.05) is 0 Å². The van der Waals surface area contributed by atoms with Gasteiger partial charge in [-0.2, -0.15) is 0 Å². The van der Waals surface area contributed by atoms with E-state index in [1.54, 1.807) is 6.92 Å². The Balaban J connectivity index is 2.47. The maximum Gasteiger partial charge on any atom is 0.326 e. The summed E-state index contributed by atoms with van der Waals surface area (Å²) in [5.41, 5.74) is 5.84. The molecule has 92 valence electrons. The van der Waals surface area contributed by atoms with E-state index in [9.17, 15) is 9.59 Å².